The summed E-state index contributed by atoms with van der Waals surface area (Å²) in [6, 6.07) is 4.09. The van der Waals surface area contributed by atoms with Gasteiger partial charge in [-0.15, -0.1) is 23.4 Å². The van der Waals surface area contributed by atoms with E-state index in [4.69, 9.17) is 11.6 Å². The highest BCUT2D eigenvalue weighted by molar-refractivity contribution is 7.99. The van der Waals surface area contributed by atoms with E-state index < -0.39 is 16.4 Å². The molecule has 15 heavy (non-hydrogen) atoms. The molecule has 0 amide bonds. The van der Waals surface area contributed by atoms with Crippen LogP contribution in [-0.4, -0.2) is 16.6 Å². The maximum absolute atomic E-state index is 13.1. The lowest BCUT2D eigenvalue weighted by atomic mass is 10.3. The summed E-state index contributed by atoms with van der Waals surface area (Å²) in [6.07, 6.45) is 0.736. The fourth-order valence-corrected chi connectivity index (χ4v) is 2.31. The van der Waals surface area contributed by atoms with Gasteiger partial charge in [-0.3, -0.25) is 10.1 Å². The second kappa shape index (κ2) is 5.92. The standard InChI is InChI=1S/C9H9ClFNO2S/c10-5-2-6-15-8-4-1-3-7(11)9(8)12(13)14/h1,3-4H,2,5-6H2. The number of hydrogen-bond acceptors (Lipinski definition) is 3. The average molecular weight is 250 g/mol. The predicted molar refractivity (Wildman–Crippen MR) is 59.1 cm³/mol. The monoisotopic (exact) mass is 249 g/mol. The summed E-state index contributed by atoms with van der Waals surface area (Å²) in [7, 11) is 0. The number of thioether (sulfide) groups is 1. The third-order valence-corrected chi connectivity index (χ3v) is 3.07. The first-order chi connectivity index (χ1) is 7.16. The Morgan fingerprint density at radius 1 is 1.53 bits per heavy atom. The molecule has 1 aromatic carbocycles. The third kappa shape index (κ3) is 3.35. The van der Waals surface area contributed by atoms with Crippen molar-refractivity contribution in [3.05, 3.63) is 34.1 Å². The minimum atomic E-state index is -0.795. The van der Waals surface area contributed by atoms with Gasteiger partial charge in [0.2, 0.25) is 5.82 Å². The van der Waals surface area contributed by atoms with Gasteiger partial charge in [-0.2, -0.15) is 4.39 Å². The number of nitro groups is 1. The van der Waals surface area contributed by atoms with E-state index in [-0.39, 0.29) is 0 Å². The van der Waals surface area contributed by atoms with E-state index in [1.54, 1.807) is 6.07 Å². The summed E-state index contributed by atoms with van der Waals surface area (Å²) in [5, 5.41) is 10.6. The summed E-state index contributed by atoms with van der Waals surface area (Å²) < 4.78 is 13.1. The number of nitro benzene ring substituents is 1. The highest BCUT2D eigenvalue weighted by Crippen LogP contribution is 2.31. The summed E-state index contributed by atoms with van der Waals surface area (Å²) in [4.78, 5) is 10.3. The largest absolute Gasteiger partial charge is 0.318 e. The van der Waals surface area contributed by atoms with Crippen molar-refractivity contribution in [2.75, 3.05) is 11.6 Å². The molecule has 0 atom stereocenters. The Morgan fingerprint density at radius 3 is 2.87 bits per heavy atom. The molecule has 0 fully saturated rings. The molecule has 1 aromatic rings. The van der Waals surface area contributed by atoms with Crippen LogP contribution >= 0.6 is 23.4 Å². The van der Waals surface area contributed by atoms with Crippen molar-refractivity contribution in [3.8, 4) is 0 Å². The van der Waals surface area contributed by atoms with Gasteiger partial charge in [0.15, 0.2) is 0 Å². The number of benzene rings is 1. The lowest BCUT2D eigenvalue weighted by Crippen LogP contribution is -1.95. The third-order valence-electron chi connectivity index (χ3n) is 1.67. The Bertz CT molecular complexity index is 362. The molecule has 0 radical (unpaired) electrons. The van der Waals surface area contributed by atoms with Crippen LogP contribution in [0, 0.1) is 15.9 Å². The highest BCUT2D eigenvalue weighted by atomic mass is 35.5. The minimum absolute atomic E-state index is 0.352. The molecule has 0 aliphatic carbocycles. The molecule has 0 aliphatic rings. The summed E-state index contributed by atoms with van der Waals surface area (Å²) in [5.74, 6) is 0.347. The molecule has 3 nitrogen and oxygen atoms in total. The zero-order valence-corrected chi connectivity index (χ0v) is 9.35. The van der Waals surface area contributed by atoms with Crippen molar-refractivity contribution in [1.82, 2.24) is 0 Å². The van der Waals surface area contributed by atoms with Crippen LogP contribution in [0.1, 0.15) is 6.42 Å². The van der Waals surface area contributed by atoms with Crippen molar-refractivity contribution in [1.29, 1.82) is 0 Å². The van der Waals surface area contributed by atoms with Crippen LogP contribution in [-0.2, 0) is 0 Å². The van der Waals surface area contributed by atoms with Crippen molar-refractivity contribution in [2.45, 2.75) is 11.3 Å². The van der Waals surface area contributed by atoms with E-state index in [2.05, 4.69) is 0 Å². The maximum atomic E-state index is 13.1. The lowest BCUT2D eigenvalue weighted by Gasteiger charge is -2.02. The van der Waals surface area contributed by atoms with E-state index in [0.717, 1.165) is 12.5 Å². The Kier molecular flexibility index (Phi) is 4.84. The van der Waals surface area contributed by atoms with Crippen LogP contribution in [0.5, 0.6) is 0 Å². The highest BCUT2D eigenvalue weighted by Gasteiger charge is 2.19. The van der Waals surface area contributed by atoms with E-state index in [1.807, 2.05) is 0 Å². The van der Waals surface area contributed by atoms with Crippen molar-refractivity contribution in [2.24, 2.45) is 0 Å². The molecule has 0 spiro atoms. The van der Waals surface area contributed by atoms with E-state index >= 15 is 0 Å². The van der Waals surface area contributed by atoms with E-state index in [1.165, 1.54) is 17.8 Å². The van der Waals surface area contributed by atoms with Crippen molar-refractivity contribution >= 4 is 29.1 Å². The molecule has 0 saturated carbocycles. The maximum Gasteiger partial charge on any atom is 0.318 e. The molecule has 0 aromatic heterocycles. The molecule has 0 aliphatic heterocycles. The fraction of sp³-hybridized carbons (Fsp3) is 0.333. The Morgan fingerprint density at radius 2 is 2.27 bits per heavy atom. The van der Waals surface area contributed by atoms with E-state index in [0.29, 0.717) is 16.5 Å². The first kappa shape index (κ1) is 12.3. The van der Waals surface area contributed by atoms with Crippen molar-refractivity contribution < 1.29 is 9.31 Å². The smallest absolute Gasteiger partial charge is 0.258 e. The molecular weight excluding hydrogens is 241 g/mol. The number of para-hydroxylation sites is 1. The summed E-state index contributed by atoms with van der Waals surface area (Å²) in [5.41, 5.74) is -0.447. The predicted octanol–water partition coefficient (Wildman–Crippen LogP) is 3.45. The number of rotatable bonds is 5. The quantitative estimate of drug-likeness (QED) is 0.264. The lowest BCUT2D eigenvalue weighted by molar-refractivity contribution is -0.390. The first-order valence-corrected chi connectivity index (χ1v) is 5.80. The van der Waals surface area contributed by atoms with Crippen LogP contribution in [0.15, 0.2) is 23.1 Å². The van der Waals surface area contributed by atoms with Crippen LogP contribution in [0.4, 0.5) is 10.1 Å². The Labute approximate surface area is 95.8 Å². The molecule has 0 heterocycles. The molecule has 0 bridgehead atoms. The van der Waals surface area contributed by atoms with Crippen LogP contribution in [0.3, 0.4) is 0 Å². The van der Waals surface area contributed by atoms with E-state index in [9.17, 15) is 14.5 Å². The van der Waals surface area contributed by atoms with Gasteiger partial charge in [0, 0.05) is 5.88 Å². The van der Waals surface area contributed by atoms with Crippen LogP contribution in [0.2, 0.25) is 0 Å². The number of halogens is 2. The molecule has 1 rings (SSSR count). The topological polar surface area (TPSA) is 43.1 Å². The molecular formula is C9H9ClFNO2S. The molecule has 0 saturated heterocycles. The zero-order chi connectivity index (χ0) is 11.3. The Hall–Kier alpha value is -0.810. The summed E-state index contributed by atoms with van der Waals surface area (Å²) in [6.45, 7) is 0. The van der Waals surface area contributed by atoms with Gasteiger partial charge in [0.25, 0.3) is 0 Å². The molecule has 0 unspecified atom stereocenters. The van der Waals surface area contributed by atoms with Gasteiger partial charge in [-0.25, -0.2) is 0 Å². The Balaban J connectivity index is 2.86. The normalized spacial score (nSPS) is 10.3. The summed E-state index contributed by atoms with van der Waals surface area (Å²) >= 11 is 6.73. The number of hydrogen-bond donors (Lipinski definition) is 0. The SMILES string of the molecule is O=[N+]([O-])c1c(F)cccc1SCCCCl. The van der Waals surface area contributed by atoms with Gasteiger partial charge in [0.1, 0.15) is 0 Å². The first-order valence-electron chi connectivity index (χ1n) is 4.28. The average Bonchev–Trinajstić information content (AvgIpc) is 2.17. The fourth-order valence-electron chi connectivity index (χ4n) is 1.03. The number of nitrogens with zero attached hydrogens (tertiary/aromatic N) is 1. The van der Waals surface area contributed by atoms with Gasteiger partial charge in [-0.05, 0) is 24.3 Å². The minimum Gasteiger partial charge on any atom is -0.258 e. The van der Waals surface area contributed by atoms with Gasteiger partial charge in [0.05, 0.1) is 9.82 Å². The second-order valence-corrected chi connectivity index (χ2v) is 4.25. The molecule has 6 heteroatoms. The van der Waals surface area contributed by atoms with Crippen LogP contribution in [0.25, 0.3) is 0 Å². The zero-order valence-electron chi connectivity index (χ0n) is 7.78. The van der Waals surface area contributed by atoms with Gasteiger partial charge >= 0.3 is 5.69 Å². The van der Waals surface area contributed by atoms with Gasteiger partial charge in [-0.1, -0.05) is 6.07 Å². The molecule has 82 valence electrons. The van der Waals surface area contributed by atoms with Crippen LogP contribution < -0.4 is 0 Å². The second-order valence-electron chi connectivity index (χ2n) is 2.73. The number of alkyl halides is 1. The van der Waals surface area contributed by atoms with Gasteiger partial charge < -0.3 is 0 Å². The van der Waals surface area contributed by atoms with Crippen molar-refractivity contribution in [3.63, 3.8) is 0 Å². The molecule has 0 N–H and O–H groups in total.